The maximum atomic E-state index is 12.6. The van der Waals surface area contributed by atoms with Crippen molar-refractivity contribution in [2.75, 3.05) is 26.2 Å². The van der Waals surface area contributed by atoms with E-state index in [0.717, 1.165) is 38.9 Å². The lowest BCUT2D eigenvalue weighted by atomic mass is 9.77. The molecule has 5 heteroatoms. The quantitative estimate of drug-likeness (QED) is 0.747. The molecule has 0 N–H and O–H groups in total. The van der Waals surface area contributed by atoms with Gasteiger partial charge in [-0.3, -0.25) is 4.90 Å². The minimum Gasteiger partial charge on any atom is -0.298 e. The lowest BCUT2D eigenvalue weighted by Gasteiger charge is -2.45. The van der Waals surface area contributed by atoms with Gasteiger partial charge in [0.25, 0.3) is 0 Å². The maximum absolute atomic E-state index is 12.6. The third kappa shape index (κ3) is 3.30. The van der Waals surface area contributed by atoms with Crippen LogP contribution in [0.3, 0.4) is 0 Å². The lowest BCUT2D eigenvalue weighted by molar-refractivity contribution is 0.0492. The van der Waals surface area contributed by atoms with Gasteiger partial charge >= 0.3 is 0 Å². The fourth-order valence-corrected chi connectivity index (χ4v) is 5.10. The summed E-state index contributed by atoms with van der Waals surface area (Å²) in [6.45, 7) is 15.8. The van der Waals surface area contributed by atoms with Crippen molar-refractivity contribution in [3.63, 3.8) is 0 Å². The smallest absolute Gasteiger partial charge is 0.219 e. The van der Waals surface area contributed by atoms with Crippen LogP contribution in [0.5, 0.6) is 0 Å². The highest BCUT2D eigenvalue weighted by Gasteiger charge is 2.47. The van der Waals surface area contributed by atoms with Crippen LogP contribution in [0.4, 0.5) is 0 Å². The monoisotopic (exact) mass is 316 g/mol. The molecule has 2 saturated heterocycles. The van der Waals surface area contributed by atoms with Gasteiger partial charge in [-0.1, -0.05) is 0 Å². The van der Waals surface area contributed by atoms with E-state index in [-0.39, 0.29) is 11.0 Å². The van der Waals surface area contributed by atoms with Gasteiger partial charge in [-0.05, 0) is 79.3 Å². The molecule has 124 valence electrons. The highest BCUT2D eigenvalue weighted by Crippen LogP contribution is 2.43. The number of rotatable bonds is 1. The standard InChI is InChI=1S/C16H32N2O2S/c1-14(2,3)17-10-7-16(8-11-17)9-12-18(13-16)21(19,20)15(4,5)6/h7-13H2,1-6H3. The third-order valence-corrected chi connectivity index (χ3v) is 7.83. The number of piperidine rings is 1. The largest absolute Gasteiger partial charge is 0.298 e. The van der Waals surface area contributed by atoms with Gasteiger partial charge in [-0.15, -0.1) is 0 Å². The van der Waals surface area contributed by atoms with Crippen molar-refractivity contribution in [2.24, 2.45) is 5.41 Å². The van der Waals surface area contributed by atoms with Gasteiger partial charge in [0.2, 0.25) is 10.0 Å². The predicted octanol–water partition coefficient (Wildman–Crippen LogP) is 2.70. The van der Waals surface area contributed by atoms with Gasteiger partial charge in [-0.2, -0.15) is 0 Å². The number of hydrogen-bond donors (Lipinski definition) is 0. The molecule has 1 spiro atoms. The molecular formula is C16H32N2O2S. The number of hydrogen-bond acceptors (Lipinski definition) is 3. The molecule has 0 atom stereocenters. The summed E-state index contributed by atoms with van der Waals surface area (Å²) in [5.41, 5.74) is 0.442. The molecule has 2 aliphatic heterocycles. The zero-order chi connectivity index (χ0) is 16.1. The van der Waals surface area contributed by atoms with Crippen LogP contribution in [0, 0.1) is 5.41 Å². The molecule has 0 bridgehead atoms. The van der Waals surface area contributed by atoms with Crippen LogP contribution >= 0.6 is 0 Å². The highest BCUT2D eigenvalue weighted by molar-refractivity contribution is 7.90. The molecule has 21 heavy (non-hydrogen) atoms. The summed E-state index contributed by atoms with van der Waals surface area (Å²) in [5, 5.41) is 0. The SMILES string of the molecule is CC(C)(C)N1CCC2(CC1)CCN(S(=O)(=O)C(C)(C)C)C2. The Morgan fingerprint density at radius 2 is 1.33 bits per heavy atom. The van der Waals surface area contributed by atoms with Gasteiger partial charge in [0.15, 0.2) is 0 Å². The number of likely N-dealkylation sites (tertiary alicyclic amines) is 1. The van der Waals surface area contributed by atoms with Gasteiger partial charge in [0.05, 0.1) is 4.75 Å². The third-order valence-electron chi connectivity index (χ3n) is 5.29. The van der Waals surface area contributed by atoms with Crippen molar-refractivity contribution in [3.8, 4) is 0 Å². The molecule has 2 aliphatic rings. The van der Waals surface area contributed by atoms with Crippen LogP contribution in [-0.4, -0.2) is 54.1 Å². The second kappa shape index (κ2) is 5.20. The van der Waals surface area contributed by atoms with E-state index in [1.165, 1.54) is 0 Å². The van der Waals surface area contributed by atoms with Crippen LogP contribution < -0.4 is 0 Å². The highest BCUT2D eigenvalue weighted by atomic mass is 32.2. The van der Waals surface area contributed by atoms with E-state index < -0.39 is 14.8 Å². The first-order valence-electron chi connectivity index (χ1n) is 8.12. The Morgan fingerprint density at radius 3 is 1.76 bits per heavy atom. The van der Waals surface area contributed by atoms with Gasteiger partial charge in [0.1, 0.15) is 0 Å². The number of nitrogens with zero attached hydrogens (tertiary/aromatic N) is 2. The van der Waals surface area contributed by atoms with E-state index in [9.17, 15) is 8.42 Å². The van der Waals surface area contributed by atoms with Gasteiger partial charge in [-0.25, -0.2) is 12.7 Å². The summed E-state index contributed by atoms with van der Waals surface area (Å²) in [4.78, 5) is 2.53. The molecule has 0 amide bonds. The van der Waals surface area contributed by atoms with Crippen molar-refractivity contribution >= 4 is 10.0 Å². The van der Waals surface area contributed by atoms with Crippen molar-refractivity contribution in [3.05, 3.63) is 0 Å². The summed E-state index contributed by atoms with van der Waals surface area (Å²) in [6, 6.07) is 0. The Balaban J connectivity index is 2.04. The molecule has 0 aromatic carbocycles. The second-order valence-corrected chi connectivity index (χ2v) is 11.6. The summed E-state index contributed by atoms with van der Waals surface area (Å²) in [5.74, 6) is 0. The summed E-state index contributed by atoms with van der Waals surface area (Å²) in [7, 11) is -3.17. The minimum atomic E-state index is -3.17. The van der Waals surface area contributed by atoms with E-state index in [4.69, 9.17) is 0 Å². The first kappa shape index (κ1) is 17.2. The van der Waals surface area contributed by atoms with E-state index in [1.54, 1.807) is 25.1 Å². The Labute approximate surface area is 130 Å². The first-order valence-corrected chi connectivity index (χ1v) is 9.56. The molecule has 2 heterocycles. The normalized spacial score (nSPS) is 25.6. The van der Waals surface area contributed by atoms with Gasteiger partial charge < -0.3 is 0 Å². The van der Waals surface area contributed by atoms with Crippen LogP contribution in [0.15, 0.2) is 0 Å². The predicted molar refractivity (Wildman–Crippen MR) is 87.9 cm³/mol. The summed E-state index contributed by atoms with van der Waals surface area (Å²) < 4.78 is 26.3. The molecule has 2 rings (SSSR count). The molecule has 0 unspecified atom stereocenters. The maximum Gasteiger partial charge on any atom is 0.219 e. The molecule has 0 aromatic heterocycles. The Kier molecular flexibility index (Phi) is 4.27. The fourth-order valence-electron chi connectivity index (χ4n) is 3.55. The van der Waals surface area contributed by atoms with Crippen LogP contribution in [0.25, 0.3) is 0 Å². The zero-order valence-corrected chi connectivity index (χ0v) is 15.4. The zero-order valence-electron chi connectivity index (χ0n) is 14.6. The molecule has 0 saturated carbocycles. The topological polar surface area (TPSA) is 40.6 Å². The summed E-state index contributed by atoms with van der Waals surface area (Å²) >= 11 is 0. The van der Waals surface area contributed by atoms with Crippen molar-refractivity contribution in [1.82, 2.24) is 9.21 Å². The second-order valence-electron chi connectivity index (χ2n) is 8.86. The molecule has 0 aliphatic carbocycles. The van der Waals surface area contributed by atoms with Crippen molar-refractivity contribution < 1.29 is 8.42 Å². The number of sulfonamides is 1. The molecule has 2 fully saturated rings. The van der Waals surface area contributed by atoms with E-state index >= 15 is 0 Å². The minimum absolute atomic E-state index is 0.220. The molecule has 0 aromatic rings. The molecular weight excluding hydrogens is 284 g/mol. The first-order chi connectivity index (χ1) is 9.37. The van der Waals surface area contributed by atoms with Crippen LogP contribution in [0.1, 0.15) is 60.8 Å². The average Bonchev–Trinajstić information content (AvgIpc) is 2.71. The Bertz CT molecular complexity index is 477. The lowest BCUT2D eigenvalue weighted by Crippen LogP contribution is -2.50. The summed E-state index contributed by atoms with van der Waals surface area (Å²) in [6.07, 6.45) is 3.28. The Hall–Kier alpha value is -0.130. The fraction of sp³-hybridized carbons (Fsp3) is 1.00. The van der Waals surface area contributed by atoms with Crippen LogP contribution in [0.2, 0.25) is 0 Å². The van der Waals surface area contributed by atoms with Gasteiger partial charge in [0, 0.05) is 18.6 Å². The molecule has 0 radical (unpaired) electrons. The van der Waals surface area contributed by atoms with Crippen molar-refractivity contribution in [1.29, 1.82) is 0 Å². The Morgan fingerprint density at radius 1 is 0.857 bits per heavy atom. The van der Waals surface area contributed by atoms with E-state index in [2.05, 4.69) is 25.7 Å². The van der Waals surface area contributed by atoms with E-state index in [0.29, 0.717) is 6.54 Å². The molecule has 4 nitrogen and oxygen atoms in total. The van der Waals surface area contributed by atoms with Crippen molar-refractivity contribution in [2.45, 2.75) is 71.1 Å². The average molecular weight is 317 g/mol. The van der Waals surface area contributed by atoms with Crippen LogP contribution in [-0.2, 0) is 10.0 Å². The van der Waals surface area contributed by atoms with E-state index in [1.807, 2.05) is 0 Å².